The molecule has 1 aliphatic heterocycles. The summed E-state index contributed by atoms with van der Waals surface area (Å²) in [6.45, 7) is 10.3. The smallest absolute Gasteiger partial charge is 0.281 e. The van der Waals surface area contributed by atoms with Crippen LogP contribution in [0.1, 0.15) is 63.5 Å². The van der Waals surface area contributed by atoms with E-state index < -0.39 is 0 Å². The Hall–Kier alpha value is -2.98. The van der Waals surface area contributed by atoms with Crippen LogP contribution in [0, 0.1) is 0 Å². The molecular weight excluding hydrogens is 354 g/mol. The second-order valence-electron chi connectivity index (χ2n) is 7.98. The number of nitrogens with zero attached hydrogens (tertiary/aromatic N) is 2. The minimum atomic E-state index is -0.374. The highest BCUT2D eigenvalue weighted by Crippen LogP contribution is 2.38. The molecule has 0 aliphatic carbocycles. The van der Waals surface area contributed by atoms with Gasteiger partial charge in [0.15, 0.2) is 5.75 Å². The van der Waals surface area contributed by atoms with Crippen LogP contribution in [0.25, 0.3) is 6.08 Å². The zero-order chi connectivity index (χ0) is 20.5. The Labute approximate surface area is 165 Å². The lowest BCUT2D eigenvalue weighted by Crippen LogP contribution is -2.23. The molecule has 0 saturated carbocycles. The summed E-state index contributed by atoms with van der Waals surface area (Å²) in [6, 6.07) is 7.84. The SMILES string of the molecule is CCCCN1C(=C=Cc2c(C(C)(C)C)[nH]n(C(C)=O)c2=O)Oc2ccccc21. The lowest BCUT2D eigenvalue weighted by molar-refractivity contribution is 0.0916. The third-order valence-corrected chi connectivity index (χ3v) is 4.67. The van der Waals surface area contributed by atoms with Gasteiger partial charge in [-0.3, -0.25) is 14.7 Å². The van der Waals surface area contributed by atoms with Crippen LogP contribution in [0.5, 0.6) is 5.75 Å². The van der Waals surface area contributed by atoms with Crippen molar-refractivity contribution in [3.8, 4) is 5.75 Å². The molecule has 0 amide bonds. The zero-order valence-corrected chi connectivity index (χ0v) is 17.1. The van der Waals surface area contributed by atoms with Crippen molar-refractivity contribution in [2.45, 2.75) is 52.9 Å². The van der Waals surface area contributed by atoms with E-state index in [2.05, 4.69) is 22.7 Å². The molecule has 2 aromatic rings. The van der Waals surface area contributed by atoms with E-state index in [1.54, 1.807) is 6.08 Å². The Balaban J connectivity index is 2.10. The van der Waals surface area contributed by atoms with Crippen LogP contribution in [0.3, 0.4) is 0 Å². The molecule has 1 aromatic carbocycles. The first kappa shape index (κ1) is 19.8. The minimum absolute atomic E-state index is 0.334. The Morgan fingerprint density at radius 3 is 2.64 bits per heavy atom. The summed E-state index contributed by atoms with van der Waals surface area (Å²) in [7, 11) is 0. The van der Waals surface area contributed by atoms with Crippen molar-refractivity contribution in [3.63, 3.8) is 0 Å². The number of anilines is 1. The van der Waals surface area contributed by atoms with Gasteiger partial charge in [-0.15, -0.1) is 0 Å². The summed E-state index contributed by atoms with van der Waals surface area (Å²) in [5.74, 6) is 0.988. The van der Waals surface area contributed by atoms with Crippen molar-refractivity contribution in [1.29, 1.82) is 0 Å². The van der Waals surface area contributed by atoms with E-state index in [1.165, 1.54) is 6.92 Å². The number of benzene rings is 1. The van der Waals surface area contributed by atoms with E-state index in [0.717, 1.165) is 35.5 Å². The fourth-order valence-electron chi connectivity index (χ4n) is 3.19. The summed E-state index contributed by atoms with van der Waals surface area (Å²) < 4.78 is 7.01. The molecule has 1 aliphatic rings. The lowest BCUT2D eigenvalue weighted by Gasteiger charge is -2.17. The van der Waals surface area contributed by atoms with Crippen molar-refractivity contribution >= 4 is 17.7 Å². The van der Waals surface area contributed by atoms with Gasteiger partial charge in [0.2, 0.25) is 11.8 Å². The van der Waals surface area contributed by atoms with Gasteiger partial charge in [0.1, 0.15) is 0 Å². The number of para-hydroxylation sites is 2. The Bertz CT molecular complexity index is 1010. The summed E-state index contributed by atoms with van der Waals surface area (Å²) in [6.07, 6.45) is 3.70. The van der Waals surface area contributed by atoms with E-state index >= 15 is 0 Å². The monoisotopic (exact) mass is 381 g/mol. The minimum Gasteiger partial charge on any atom is -0.432 e. The van der Waals surface area contributed by atoms with Crippen LogP contribution >= 0.6 is 0 Å². The fraction of sp³-hybridized carbons (Fsp3) is 0.409. The van der Waals surface area contributed by atoms with Crippen LogP contribution < -0.4 is 15.2 Å². The summed E-state index contributed by atoms with van der Waals surface area (Å²) in [5.41, 5.74) is 4.56. The average Bonchev–Trinajstić information content (AvgIpc) is 3.15. The van der Waals surface area contributed by atoms with Crippen LogP contribution in [0.4, 0.5) is 5.69 Å². The van der Waals surface area contributed by atoms with Crippen molar-refractivity contribution in [1.82, 2.24) is 9.78 Å². The molecule has 0 unspecified atom stereocenters. The number of aromatic nitrogens is 2. The quantitative estimate of drug-likeness (QED) is 0.803. The van der Waals surface area contributed by atoms with Gasteiger partial charge in [-0.2, -0.15) is 4.68 Å². The molecule has 1 N–H and O–H groups in total. The molecule has 0 radical (unpaired) electrons. The number of carbonyl (C=O) groups excluding carboxylic acids is 1. The molecule has 28 heavy (non-hydrogen) atoms. The summed E-state index contributed by atoms with van der Waals surface area (Å²) >= 11 is 0. The molecule has 0 fully saturated rings. The maximum absolute atomic E-state index is 12.7. The van der Waals surface area contributed by atoms with Gasteiger partial charge in [-0.05, 0) is 18.6 Å². The number of hydrogen-bond donors (Lipinski definition) is 1. The van der Waals surface area contributed by atoms with Gasteiger partial charge in [0, 0.05) is 25.0 Å². The fourth-order valence-corrected chi connectivity index (χ4v) is 3.19. The van der Waals surface area contributed by atoms with Crippen molar-refractivity contribution < 1.29 is 9.53 Å². The second kappa shape index (κ2) is 7.56. The predicted octanol–water partition coefficient (Wildman–Crippen LogP) is 4.29. The van der Waals surface area contributed by atoms with Crippen LogP contribution in [-0.2, 0) is 5.41 Å². The third kappa shape index (κ3) is 3.69. The molecule has 3 rings (SSSR count). The van der Waals surface area contributed by atoms with E-state index in [-0.39, 0.29) is 16.9 Å². The van der Waals surface area contributed by atoms with Gasteiger partial charge in [0.25, 0.3) is 5.56 Å². The molecule has 1 aromatic heterocycles. The van der Waals surface area contributed by atoms with Crippen molar-refractivity contribution in [3.05, 3.63) is 57.5 Å². The highest BCUT2D eigenvalue weighted by molar-refractivity contribution is 5.76. The standard InChI is InChI=1S/C22H27N3O3/c1-6-7-14-24-17-10-8-9-11-18(17)28-19(24)13-12-16-20(22(3,4)5)23-25(15(2)26)21(16)27/h8-12,23H,6-7,14H2,1-5H3. The number of fused-ring (bicyclic) bond motifs is 1. The Kier molecular flexibility index (Phi) is 5.34. The number of aromatic amines is 1. The molecule has 2 heterocycles. The van der Waals surface area contributed by atoms with E-state index in [4.69, 9.17) is 4.74 Å². The number of ether oxygens (including phenoxy) is 1. The van der Waals surface area contributed by atoms with Gasteiger partial charge >= 0.3 is 0 Å². The van der Waals surface area contributed by atoms with Crippen molar-refractivity contribution in [2.24, 2.45) is 0 Å². The molecule has 6 nitrogen and oxygen atoms in total. The third-order valence-electron chi connectivity index (χ3n) is 4.67. The number of H-pyrrole nitrogens is 1. The number of rotatable bonds is 4. The van der Waals surface area contributed by atoms with Crippen LogP contribution in [0.15, 0.2) is 40.7 Å². The molecular formula is C22H27N3O3. The summed E-state index contributed by atoms with van der Waals surface area (Å²) in [5, 5.41) is 2.95. The number of unbranched alkanes of at least 4 members (excludes halogenated alkanes) is 1. The van der Waals surface area contributed by atoms with Crippen molar-refractivity contribution in [2.75, 3.05) is 11.4 Å². The first-order valence-corrected chi connectivity index (χ1v) is 9.61. The Morgan fingerprint density at radius 2 is 2.00 bits per heavy atom. The topological polar surface area (TPSA) is 67.3 Å². The summed E-state index contributed by atoms with van der Waals surface area (Å²) in [4.78, 5) is 26.6. The highest BCUT2D eigenvalue weighted by atomic mass is 16.5. The average molecular weight is 381 g/mol. The van der Waals surface area contributed by atoms with Crippen LogP contribution in [0.2, 0.25) is 0 Å². The Morgan fingerprint density at radius 1 is 1.29 bits per heavy atom. The number of nitrogens with one attached hydrogen (secondary N) is 1. The van der Waals surface area contributed by atoms with E-state index in [0.29, 0.717) is 17.1 Å². The first-order chi connectivity index (χ1) is 13.2. The molecule has 148 valence electrons. The lowest BCUT2D eigenvalue weighted by atomic mass is 9.89. The van der Waals surface area contributed by atoms with E-state index in [9.17, 15) is 9.59 Å². The maximum atomic E-state index is 12.7. The molecule has 0 spiro atoms. The van der Waals surface area contributed by atoms with Gasteiger partial charge in [-0.1, -0.05) is 52.0 Å². The molecule has 0 saturated heterocycles. The molecule has 0 atom stereocenters. The second-order valence-corrected chi connectivity index (χ2v) is 7.98. The highest BCUT2D eigenvalue weighted by Gasteiger charge is 2.27. The zero-order valence-electron chi connectivity index (χ0n) is 17.1. The largest absolute Gasteiger partial charge is 0.432 e. The first-order valence-electron chi connectivity index (χ1n) is 9.61. The van der Waals surface area contributed by atoms with Crippen LogP contribution in [-0.4, -0.2) is 22.2 Å². The molecule has 0 bridgehead atoms. The van der Waals surface area contributed by atoms with Gasteiger partial charge in [0.05, 0.1) is 16.9 Å². The van der Waals surface area contributed by atoms with Gasteiger partial charge < -0.3 is 9.64 Å². The normalized spacial score (nSPS) is 13.2. The van der Waals surface area contributed by atoms with E-state index in [1.807, 2.05) is 45.0 Å². The van der Waals surface area contributed by atoms with Gasteiger partial charge in [-0.25, -0.2) is 0 Å². The maximum Gasteiger partial charge on any atom is 0.281 e. The number of carbonyl (C=O) groups is 1. The number of hydrogen-bond acceptors (Lipinski definition) is 4. The predicted molar refractivity (Wildman–Crippen MR) is 111 cm³/mol. The molecule has 6 heteroatoms.